The van der Waals surface area contributed by atoms with Crippen molar-refractivity contribution in [2.45, 2.75) is 63.9 Å². The third-order valence-corrected chi connectivity index (χ3v) is 3.96. The van der Waals surface area contributed by atoms with E-state index in [1.165, 1.54) is 0 Å². The van der Waals surface area contributed by atoms with Crippen molar-refractivity contribution in [2.24, 2.45) is 17.4 Å². The number of aliphatic hydroxyl groups excluding tert-OH is 2. The first-order valence-electron chi connectivity index (χ1n) is 9.26. The average molecular weight is 433 g/mol. The van der Waals surface area contributed by atoms with E-state index in [9.17, 15) is 34.2 Å². The Bertz CT molecular complexity index is 640. The third-order valence-electron chi connectivity index (χ3n) is 3.96. The van der Waals surface area contributed by atoms with Crippen molar-refractivity contribution < 1.29 is 39.3 Å². The predicted octanol–water partition coefficient (Wildman–Crippen LogP) is -3.85. The zero-order valence-corrected chi connectivity index (χ0v) is 17.1. The zero-order valence-electron chi connectivity index (χ0n) is 17.1. The van der Waals surface area contributed by atoms with Crippen molar-refractivity contribution in [2.75, 3.05) is 6.61 Å². The average Bonchev–Trinajstić information content (AvgIpc) is 2.61. The molecule has 0 heterocycles. The number of nitrogens with one attached hydrogen (secondary N) is 3. The number of carbonyl (C=O) groups is 5. The van der Waals surface area contributed by atoms with Crippen LogP contribution in [0.5, 0.6) is 0 Å². The molecule has 0 aromatic heterocycles. The molecule has 10 N–H and O–H groups in total. The molecule has 13 nitrogen and oxygen atoms in total. The molecule has 0 fully saturated rings. The van der Waals surface area contributed by atoms with Gasteiger partial charge in [0, 0.05) is 0 Å². The second-order valence-corrected chi connectivity index (χ2v) is 7.28. The largest absolute Gasteiger partial charge is 0.480 e. The highest BCUT2D eigenvalue weighted by molar-refractivity contribution is 5.96. The van der Waals surface area contributed by atoms with Gasteiger partial charge in [0.25, 0.3) is 0 Å². The van der Waals surface area contributed by atoms with Crippen molar-refractivity contribution >= 4 is 29.6 Å². The SMILES string of the molecule is CC(C)CC(N)C(=O)NC(CC(N)=O)C(=O)NC(CO)C(=O)NC(C(=O)O)C(C)O. The highest BCUT2D eigenvalue weighted by Crippen LogP contribution is 2.04. The Morgan fingerprint density at radius 2 is 1.40 bits per heavy atom. The normalized spacial score (nSPS) is 16.0. The van der Waals surface area contributed by atoms with Crippen molar-refractivity contribution in [3.8, 4) is 0 Å². The van der Waals surface area contributed by atoms with Crippen LogP contribution >= 0.6 is 0 Å². The Morgan fingerprint density at radius 1 is 0.900 bits per heavy atom. The minimum atomic E-state index is -1.68. The van der Waals surface area contributed by atoms with Crippen molar-refractivity contribution in [3.63, 3.8) is 0 Å². The number of rotatable bonds is 13. The maximum atomic E-state index is 12.5. The summed E-state index contributed by atoms with van der Waals surface area (Å²) >= 11 is 0. The molecule has 0 aliphatic heterocycles. The van der Waals surface area contributed by atoms with Crippen LogP contribution in [-0.2, 0) is 24.0 Å². The molecule has 4 amide bonds. The van der Waals surface area contributed by atoms with Crippen LogP contribution < -0.4 is 27.4 Å². The van der Waals surface area contributed by atoms with Gasteiger partial charge < -0.3 is 42.7 Å². The van der Waals surface area contributed by atoms with E-state index in [2.05, 4.69) is 10.6 Å². The molecule has 0 rings (SSSR count). The van der Waals surface area contributed by atoms with Gasteiger partial charge in [0.1, 0.15) is 12.1 Å². The van der Waals surface area contributed by atoms with Crippen LogP contribution in [0.15, 0.2) is 0 Å². The van der Waals surface area contributed by atoms with Gasteiger partial charge >= 0.3 is 5.97 Å². The highest BCUT2D eigenvalue weighted by Gasteiger charge is 2.32. The Morgan fingerprint density at radius 3 is 1.80 bits per heavy atom. The van der Waals surface area contributed by atoms with E-state index in [1.807, 2.05) is 19.2 Å². The van der Waals surface area contributed by atoms with Crippen molar-refractivity contribution in [1.29, 1.82) is 0 Å². The molecule has 0 saturated carbocycles. The summed E-state index contributed by atoms with van der Waals surface area (Å²) in [5.74, 6) is -5.18. The van der Waals surface area contributed by atoms with Gasteiger partial charge in [-0.15, -0.1) is 0 Å². The molecule has 5 unspecified atom stereocenters. The molecular weight excluding hydrogens is 402 g/mol. The monoisotopic (exact) mass is 433 g/mol. The van der Waals surface area contributed by atoms with Crippen LogP contribution in [-0.4, -0.2) is 81.8 Å². The number of carboxylic acids is 1. The van der Waals surface area contributed by atoms with Crippen molar-refractivity contribution in [1.82, 2.24) is 16.0 Å². The lowest BCUT2D eigenvalue weighted by Gasteiger charge is -2.24. The fourth-order valence-electron chi connectivity index (χ4n) is 2.41. The maximum absolute atomic E-state index is 12.5. The van der Waals surface area contributed by atoms with Gasteiger partial charge in [-0.05, 0) is 19.3 Å². The summed E-state index contributed by atoms with van der Waals surface area (Å²) in [5, 5.41) is 34.1. The molecule has 13 heteroatoms. The molecule has 0 radical (unpaired) electrons. The van der Waals surface area contributed by atoms with Crippen LogP contribution in [0.4, 0.5) is 0 Å². The maximum Gasteiger partial charge on any atom is 0.328 e. The standard InChI is InChI=1S/C17H31N5O8/c1-7(2)4-9(18)14(26)20-10(5-12(19)25)15(27)21-11(6-23)16(28)22-13(8(3)24)17(29)30/h7-11,13,23-24H,4-6,18H2,1-3H3,(H2,19,25)(H,20,26)(H,21,27)(H,22,28)(H,29,30). The first kappa shape index (κ1) is 27.2. The van der Waals surface area contributed by atoms with Crippen molar-refractivity contribution in [3.05, 3.63) is 0 Å². The molecule has 5 atom stereocenters. The third kappa shape index (κ3) is 9.62. The van der Waals surface area contributed by atoms with E-state index in [4.69, 9.17) is 16.6 Å². The molecule has 0 aliphatic carbocycles. The van der Waals surface area contributed by atoms with Gasteiger partial charge in [-0.1, -0.05) is 13.8 Å². The first-order valence-corrected chi connectivity index (χ1v) is 9.26. The van der Waals surface area contributed by atoms with E-state index in [-0.39, 0.29) is 5.92 Å². The van der Waals surface area contributed by atoms with E-state index in [0.717, 1.165) is 6.92 Å². The summed E-state index contributed by atoms with van der Waals surface area (Å²) in [6.45, 7) is 3.88. The molecule has 0 bridgehead atoms. The number of primary amides is 1. The summed E-state index contributed by atoms with van der Waals surface area (Å²) in [5.41, 5.74) is 10.8. The Kier molecular flexibility index (Phi) is 11.5. The lowest BCUT2D eigenvalue weighted by Crippen LogP contribution is -2.59. The first-order chi connectivity index (χ1) is 13.8. The minimum Gasteiger partial charge on any atom is -0.480 e. The quantitative estimate of drug-likeness (QED) is 0.142. The summed E-state index contributed by atoms with van der Waals surface area (Å²) < 4.78 is 0. The highest BCUT2D eigenvalue weighted by atomic mass is 16.4. The number of aliphatic carboxylic acids is 1. The van der Waals surface area contributed by atoms with Gasteiger partial charge in [-0.2, -0.15) is 0 Å². The van der Waals surface area contributed by atoms with Crippen LogP contribution in [0.2, 0.25) is 0 Å². The van der Waals surface area contributed by atoms with E-state index in [1.54, 1.807) is 0 Å². The molecule has 0 spiro atoms. The summed E-state index contributed by atoms with van der Waals surface area (Å²) in [6, 6.07) is -5.72. The van der Waals surface area contributed by atoms with Crippen LogP contribution in [0.1, 0.15) is 33.6 Å². The zero-order chi connectivity index (χ0) is 23.6. The molecule has 0 aliphatic rings. The van der Waals surface area contributed by atoms with Gasteiger partial charge in [0.15, 0.2) is 6.04 Å². The smallest absolute Gasteiger partial charge is 0.328 e. The lowest BCUT2D eigenvalue weighted by atomic mass is 10.0. The lowest BCUT2D eigenvalue weighted by molar-refractivity contribution is -0.145. The topological polar surface area (TPSA) is 234 Å². The fourth-order valence-corrected chi connectivity index (χ4v) is 2.41. The number of hydrogen-bond acceptors (Lipinski definition) is 8. The Balaban J connectivity index is 5.25. The van der Waals surface area contributed by atoms with E-state index < -0.39 is 72.9 Å². The number of aliphatic hydroxyl groups is 2. The number of hydrogen-bond donors (Lipinski definition) is 8. The van der Waals surface area contributed by atoms with Gasteiger partial charge in [0.2, 0.25) is 23.6 Å². The van der Waals surface area contributed by atoms with Crippen LogP contribution in [0, 0.1) is 5.92 Å². The number of carbonyl (C=O) groups excluding carboxylic acids is 4. The van der Waals surface area contributed by atoms with Gasteiger partial charge in [-0.25, -0.2) is 4.79 Å². The molecular formula is C17H31N5O8. The predicted molar refractivity (Wildman–Crippen MR) is 103 cm³/mol. The molecule has 172 valence electrons. The molecule has 30 heavy (non-hydrogen) atoms. The molecule has 0 saturated heterocycles. The molecule has 0 aromatic rings. The second kappa shape index (κ2) is 12.7. The number of carboxylic acid groups (broad SMARTS) is 1. The minimum absolute atomic E-state index is 0.0905. The Labute approximate surface area is 173 Å². The van der Waals surface area contributed by atoms with Gasteiger partial charge in [-0.3, -0.25) is 19.2 Å². The molecule has 0 aromatic carbocycles. The van der Waals surface area contributed by atoms with E-state index in [0.29, 0.717) is 6.42 Å². The fraction of sp³-hybridized carbons (Fsp3) is 0.706. The van der Waals surface area contributed by atoms with Crippen LogP contribution in [0.25, 0.3) is 0 Å². The summed E-state index contributed by atoms with van der Waals surface area (Å²) in [7, 11) is 0. The number of amides is 4. The van der Waals surface area contributed by atoms with Gasteiger partial charge in [0.05, 0.1) is 25.2 Å². The summed E-state index contributed by atoms with van der Waals surface area (Å²) in [6.07, 6.45) is -1.74. The second-order valence-electron chi connectivity index (χ2n) is 7.28. The Hall–Kier alpha value is -2.77. The van der Waals surface area contributed by atoms with Crippen LogP contribution in [0.3, 0.4) is 0 Å². The summed E-state index contributed by atoms with van der Waals surface area (Å²) in [4.78, 5) is 59.1. The van der Waals surface area contributed by atoms with E-state index >= 15 is 0 Å². The number of nitrogens with two attached hydrogens (primary N) is 2.